The van der Waals surface area contributed by atoms with Crippen molar-refractivity contribution in [3.8, 4) is 5.75 Å². The number of aromatic nitrogens is 1. The second-order valence-electron chi connectivity index (χ2n) is 9.97. The Hall–Kier alpha value is -5.15. The third-order valence-corrected chi connectivity index (χ3v) is 8.04. The molecule has 1 aliphatic rings. The van der Waals surface area contributed by atoms with Gasteiger partial charge in [0.2, 0.25) is 0 Å². The summed E-state index contributed by atoms with van der Waals surface area (Å²) < 4.78 is 40.3. The van der Waals surface area contributed by atoms with Crippen molar-refractivity contribution in [2.45, 2.75) is 19.6 Å². The molecule has 0 radical (unpaired) electrons. The number of carbonyl (C=O) groups excluding carboxylic acids is 1. The fraction of sp³-hybridized carbons (Fsp3) is 0.114. The van der Waals surface area contributed by atoms with Crippen molar-refractivity contribution in [1.82, 2.24) is 4.57 Å². The van der Waals surface area contributed by atoms with Crippen molar-refractivity contribution < 1.29 is 23.0 Å². The van der Waals surface area contributed by atoms with Crippen molar-refractivity contribution in [3.05, 3.63) is 162 Å². The molecule has 0 aliphatic carbocycles. The summed E-state index contributed by atoms with van der Waals surface area (Å²) in [6.07, 6.45) is 1.76. The molecule has 1 atom stereocenters. The highest BCUT2D eigenvalue weighted by molar-refractivity contribution is 7.07. The SMILES string of the molecule is CCOC(=O)C1=C(c2ccccc2)N=c2s/c(=C\c3ccc(OCc4ccc(F)cc4)cc3)c(=O)n2[C@@H]1c1ccc(F)cc1. The standard InChI is InChI=1S/C35H26F2N2O4S/c1-2-42-34(41)30-31(24-6-4-3-5-7-24)38-35-39(32(30)25-12-16-27(37)17-13-25)33(40)29(44-35)20-22-10-18-28(19-11-22)43-21-23-8-14-26(36)15-9-23/h3-20,32H,2,21H2,1H3/b29-20-/t32-/m1/s1. The Labute approximate surface area is 255 Å². The van der Waals surface area contributed by atoms with Gasteiger partial charge in [-0.05, 0) is 66.1 Å². The fourth-order valence-corrected chi connectivity index (χ4v) is 5.96. The largest absolute Gasteiger partial charge is 0.489 e. The first kappa shape index (κ1) is 28.9. The molecule has 220 valence electrons. The Bertz CT molecular complexity index is 2020. The number of halogens is 2. The quantitative estimate of drug-likeness (QED) is 0.209. The van der Waals surface area contributed by atoms with Crippen LogP contribution in [0.25, 0.3) is 11.8 Å². The maximum atomic E-state index is 14.0. The fourth-order valence-electron chi connectivity index (χ4n) is 4.96. The summed E-state index contributed by atoms with van der Waals surface area (Å²) in [6.45, 7) is 2.13. The van der Waals surface area contributed by atoms with E-state index in [-0.39, 0.29) is 30.2 Å². The number of hydrogen-bond donors (Lipinski definition) is 0. The van der Waals surface area contributed by atoms with Crippen LogP contribution >= 0.6 is 11.3 Å². The second kappa shape index (κ2) is 12.6. The highest BCUT2D eigenvalue weighted by Gasteiger charge is 2.35. The molecule has 6 rings (SSSR count). The number of hydrogen-bond acceptors (Lipinski definition) is 6. The molecular weight excluding hydrogens is 582 g/mol. The second-order valence-corrected chi connectivity index (χ2v) is 11.0. The Morgan fingerprint density at radius 2 is 1.57 bits per heavy atom. The first-order chi connectivity index (χ1) is 21.4. The molecule has 0 unspecified atom stereocenters. The van der Waals surface area contributed by atoms with Crippen molar-refractivity contribution >= 4 is 29.1 Å². The van der Waals surface area contributed by atoms with E-state index in [2.05, 4.69) is 0 Å². The van der Waals surface area contributed by atoms with E-state index in [4.69, 9.17) is 14.5 Å². The Morgan fingerprint density at radius 1 is 0.909 bits per heavy atom. The Balaban J connectivity index is 1.42. The van der Waals surface area contributed by atoms with Crippen LogP contribution in [0, 0.1) is 11.6 Å². The summed E-state index contributed by atoms with van der Waals surface area (Å²) in [6, 6.07) is 27.4. The molecule has 4 aromatic carbocycles. The summed E-state index contributed by atoms with van der Waals surface area (Å²) >= 11 is 1.20. The van der Waals surface area contributed by atoms with Gasteiger partial charge in [-0.2, -0.15) is 0 Å². The van der Waals surface area contributed by atoms with Crippen LogP contribution in [-0.2, 0) is 16.1 Å². The normalized spacial score (nSPS) is 14.6. The minimum absolute atomic E-state index is 0.134. The molecule has 9 heteroatoms. The lowest BCUT2D eigenvalue weighted by Crippen LogP contribution is -2.40. The molecule has 1 aliphatic heterocycles. The van der Waals surface area contributed by atoms with Crippen molar-refractivity contribution in [1.29, 1.82) is 0 Å². The molecular formula is C35H26F2N2O4S. The minimum atomic E-state index is -0.884. The molecule has 0 amide bonds. The van der Waals surface area contributed by atoms with Gasteiger partial charge in [0.05, 0.1) is 28.5 Å². The average molecular weight is 609 g/mol. The van der Waals surface area contributed by atoms with E-state index in [1.165, 1.54) is 40.2 Å². The molecule has 1 aromatic heterocycles. The van der Waals surface area contributed by atoms with Gasteiger partial charge in [0, 0.05) is 5.56 Å². The minimum Gasteiger partial charge on any atom is -0.489 e. The van der Waals surface area contributed by atoms with Gasteiger partial charge in [0.25, 0.3) is 5.56 Å². The van der Waals surface area contributed by atoms with Crippen LogP contribution in [0.3, 0.4) is 0 Å². The topological polar surface area (TPSA) is 69.9 Å². The van der Waals surface area contributed by atoms with E-state index in [9.17, 15) is 18.4 Å². The predicted molar refractivity (Wildman–Crippen MR) is 165 cm³/mol. The molecule has 44 heavy (non-hydrogen) atoms. The Kier molecular flexibility index (Phi) is 8.29. The van der Waals surface area contributed by atoms with E-state index in [1.54, 1.807) is 49.4 Å². The van der Waals surface area contributed by atoms with E-state index >= 15 is 0 Å². The number of carbonyl (C=O) groups is 1. The van der Waals surface area contributed by atoms with Crippen LogP contribution in [0.1, 0.15) is 35.2 Å². The number of benzene rings is 4. The number of thiazole rings is 1. The van der Waals surface area contributed by atoms with Crippen molar-refractivity contribution in [2.75, 3.05) is 6.61 Å². The molecule has 2 heterocycles. The van der Waals surface area contributed by atoms with E-state index in [0.717, 1.165) is 11.1 Å². The Morgan fingerprint density at radius 3 is 2.23 bits per heavy atom. The van der Waals surface area contributed by atoms with Gasteiger partial charge in [0.15, 0.2) is 4.80 Å². The van der Waals surface area contributed by atoms with Gasteiger partial charge in [-0.25, -0.2) is 18.6 Å². The highest BCUT2D eigenvalue weighted by Crippen LogP contribution is 2.35. The smallest absolute Gasteiger partial charge is 0.338 e. The van der Waals surface area contributed by atoms with Crippen LogP contribution in [0.4, 0.5) is 8.78 Å². The molecule has 0 saturated carbocycles. The van der Waals surface area contributed by atoms with Crippen LogP contribution in [0.2, 0.25) is 0 Å². The summed E-state index contributed by atoms with van der Waals surface area (Å²) in [4.78, 5) is 32.7. The van der Waals surface area contributed by atoms with Gasteiger partial charge in [-0.1, -0.05) is 78.1 Å². The third kappa shape index (κ3) is 6.00. The number of esters is 1. The summed E-state index contributed by atoms with van der Waals surface area (Å²) in [5, 5.41) is 0. The van der Waals surface area contributed by atoms with Crippen LogP contribution in [0.15, 0.2) is 118 Å². The molecule has 0 bridgehead atoms. The molecule has 0 saturated heterocycles. The number of ether oxygens (including phenoxy) is 2. The third-order valence-electron chi connectivity index (χ3n) is 7.06. The number of rotatable bonds is 8. The maximum Gasteiger partial charge on any atom is 0.338 e. The summed E-state index contributed by atoms with van der Waals surface area (Å²) in [5.41, 5.74) is 3.10. The predicted octanol–water partition coefficient (Wildman–Crippen LogP) is 5.79. The molecule has 5 aromatic rings. The lowest BCUT2D eigenvalue weighted by molar-refractivity contribution is -0.138. The molecule has 0 spiro atoms. The lowest BCUT2D eigenvalue weighted by atomic mass is 9.93. The first-order valence-electron chi connectivity index (χ1n) is 13.9. The average Bonchev–Trinajstić information content (AvgIpc) is 3.35. The zero-order valence-electron chi connectivity index (χ0n) is 23.6. The zero-order chi connectivity index (χ0) is 30.6. The van der Waals surface area contributed by atoms with Crippen molar-refractivity contribution in [3.63, 3.8) is 0 Å². The highest BCUT2D eigenvalue weighted by atomic mass is 32.1. The monoisotopic (exact) mass is 608 g/mol. The van der Waals surface area contributed by atoms with Gasteiger partial charge in [-0.3, -0.25) is 9.36 Å². The van der Waals surface area contributed by atoms with E-state index < -0.39 is 17.8 Å². The van der Waals surface area contributed by atoms with Gasteiger partial charge < -0.3 is 9.47 Å². The van der Waals surface area contributed by atoms with Gasteiger partial charge in [-0.15, -0.1) is 0 Å². The maximum absolute atomic E-state index is 14.0. The number of nitrogens with zero attached hydrogens (tertiary/aromatic N) is 2. The molecule has 0 N–H and O–H groups in total. The van der Waals surface area contributed by atoms with E-state index in [1.807, 2.05) is 42.5 Å². The summed E-state index contributed by atoms with van der Waals surface area (Å²) in [7, 11) is 0. The zero-order valence-corrected chi connectivity index (χ0v) is 24.4. The van der Waals surface area contributed by atoms with E-state index in [0.29, 0.717) is 31.9 Å². The van der Waals surface area contributed by atoms with Gasteiger partial charge >= 0.3 is 5.97 Å². The number of fused-ring (bicyclic) bond motifs is 1. The molecule has 6 nitrogen and oxygen atoms in total. The lowest BCUT2D eigenvalue weighted by Gasteiger charge is -2.25. The van der Waals surface area contributed by atoms with Crippen LogP contribution < -0.4 is 19.6 Å². The molecule has 0 fully saturated rings. The first-order valence-corrected chi connectivity index (χ1v) is 14.7. The van der Waals surface area contributed by atoms with Crippen LogP contribution in [0.5, 0.6) is 5.75 Å². The van der Waals surface area contributed by atoms with Crippen LogP contribution in [-0.4, -0.2) is 17.1 Å². The summed E-state index contributed by atoms with van der Waals surface area (Å²) in [5.74, 6) is -0.720. The van der Waals surface area contributed by atoms with Crippen molar-refractivity contribution in [2.24, 2.45) is 4.99 Å². The van der Waals surface area contributed by atoms with Gasteiger partial charge in [0.1, 0.15) is 24.0 Å².